The molecule has 3 saturated heterocycles. The summed E-state index contributed by atoms with van der Waals surface area (Å²) in [7, 11) is 7.35. The Balaban J connectivity index is 0.978. The molecule has 7 rings (SSSR count). The predicted molar refractivity (Wildman–Crippen MR) is 196 cm³/mol. The van der Waals surface area contributed by atoms with E-state index in [2.05, 4.69) is 62.4 Å². The maximum Gasteiger partial charge on any atom is 0.243 e. The topological polar surface area (TPSA) is 94.7 Å². The molecular weight excluding hydrogens is 651 g/mol. The highest BCUT2D eigenvalue weighted by molar-refractivity contribution is 7.11. The van der Waals surface area contributed by atoms with E-state index >= 15 is 0 Å². The first-order valence-electron chi connectivity index (χ1n) is 17.2. The van der Waals surface area contributed by atoms with Crippen LogP contribution in [-0.2, 0) is 22.7 Å². The maximum atomic E-state index is 12.3. The summed E-state index contributed by atoms with van der Waals surface area (Å²) in [5, 5.41) is 4.53. The summed E-state index contributed by atoms with van der Waals surface area (Å²) in [6.45, 7) is 9.39. The summed E-state index contributed by atoms with van der Waals surface area (Å²) in [6.07, 6.45) is 6.06. The number of fused-ring (bicyclic) bond motifs is 1. The Morgan fingerprint density at radius 1 is 1.08 bits per heavy atom. The van der Waals surface area contributed by atoms with Crippen molar-refractivity contribution in [1.29, 1.82) is 0 Å². The summed E-state index contributed by atoms with van der Waals surface area (Å²) < 4.78 is 12.0. The van der Waals surface area contributed by atoms with Crippen molar-refractivity contribution in [2.24, 2.45) is 5.41 Å². The smallest absolute Gasteiger partial charge is 0.243 e. The summed E-state index contributed by atoms with van der Waals surface area (Å²) in [6, 6.07) is 12.1. The van der Waals surface area contributed by atoms with Gasteiger partial charge in [-0.15, -0.1) is 11.3 Å². The zero-order valence-electron chi connectivity index (χ0n) is 29.3. The van der Waals surface area contributed by atoms with Gasteiger partial charge in [0.1, 0.15) is 17.8 Å². The molecule has 0 aliphatic carbocycles. The van der Waals surface area contributed by atoms with Crippen molar-refractivity contribution in [3.63, 3.8) is 0 Å². The zero-order chi connectivity index (χ0) is 35.2. The van der Waals surface area contributed by atoms with Gasteiger partial charge in [0.2, 0.25) is 11.8 Å². The number of benzene rings is 2. The minimum atomic E-state index is -0.382. The van der Waals surface area contributed by atoms with E-state index in [0.29, 0.717) is 24.9 Å². The molecule has 3 aromatic rings. The molecule has 262 valence electrons. The summed E-state index contributed by atoms with van der Waals surface area (Å²) >= 11 is 1.72. The van der Waals surface area contributed by atoms with Crippen molar-refractivity contribution in [2.45, 2.75) is 44.8 Å². The Morgan fingerprint density at radius 2 is 1.80 bits per heavy atom. The molecule has 0 radical (unpaired) electrons. The lowest BCUT2D eigenvalue weighted by Gasteiger charge is -2.55. The summed E-state index contributed by atoms with van der Waals surface area (Å²) in [4.78, 5) is 46.1. The second-order valence-corrected chi connectivity index (χ2v) is 15.1. The Kier molecular flexibility index (Phi) is 9.32. The number of likely N-dealkylation sites (tertiary alicyclic amines) is 1. The number of likely N-dealkylation sites (N-methyl/N-ethyl adjacent to an activating group) is 1. The number of amides is 2. The van der Waals surface area contributed by atoms with Crippen molar-refractivity contribution < 1.29 is 23.9 Å². The summed E-state index contributed by atoms with van der Waals surface area (Å²) in [5.41, 5.74) is 8.25. The minimum absolute atomic E-state index is 0.229. The van der Waals surface area contributed by atoms with Gasteiger partial charge in [0, 0.05) is 84.2 Å². The SMILES string of the molecule is C=C1c2ccsc2C(c2cc(OC)c(CN3CCC4(CC3)CN(c3ccc(CN(C)C5CCC(=O)NC5=O)c(C=O)c3)C4)c(OC)c2)=CN1C. The molecule has 0 bridgehead atoms. The minimum Gasteiger partial charge on any atom is -0.496 e. The third-order valence-corrected chi connectivity index (χ3v) is 12.0. The van der Waals surface area contributed by atoms with Crippen molar-refractivity contribution >= 4 is 46.4 Å². The number of nitrogens with one attached hydrogen (secondary N) is 1. The van der Waals surface area contributed by atoms with Crippen LogP contribution in [0.3, 0.4) is 0 Å². The van der Waals surface area contributed by atoms with Gasteiger partial charge in [-0.3, -0.25) is 29.5 Å². The molecule has 5 heterocycles. The molecule has 10 nitrogen and oxygen atoms in total. The maximum absolute atomic E-state index is 12.3. The van der Waals surface area contributed by atoms with E-state index in [4.69, 9.17) is 9.47 Å². The Bertz CT molecular complexity index is 1840. The number of hydrogen-bond acceptors (Lipinski definition) is 10. The largest absolute Gasteiger partial charge is 0.496 e. The monoisotopic (exact) mass is 695 g/mol. The quantitative estimate of drug-likeness (QED) is 0.226. The van der Waals surface area contributed by atoms with Crippen LogP contribution in [0, 0.1) is 5.41 Å². The molecule has 4 aliphatic heterocycles. The van der Waals surface area contributed by atoms with E-state index in [-0.39, 0.29) is 23.3 Å². The second kappa shape index (κ2) is 13.7. The highest BCUT2D eigenvalue weighted by Crippen LogP contribution is 2.45. The average molecular weight is 696 g/mol. The number of hydrogen-bond donors (Lipinski definition) is 1. The van der Waals surface area contributed by atoms with Gasteiger partial charge >= 0.3 is 0 Å². The molecule has 11 heteroatoms. The summed E-state index contributed by atoms with van der Waals surface area (Å²) in [5.74, 6) is 1.16. The highest BCUT2D eigenvalue weighted by Gasteiger charge is 2.45. The fraction of sp³-hybridized carbons (Fsp3) is 0.410. The van der Waals surface area contributed by atoms with E-state index in [9.17, 15) is 14.4 Å². The standard InChI is InChI=1S/C39H45N5O5S/c1-25-30-10-15-50-37(30)31(20-41(25)2)27-17-34(48-4)32(35(18-27)49-5)21-43-13-11-39(12-14-43)23-44(24-39)29-7-6-26(28(16-29)22-45)19-42(3)33-8-9-36(46)40-38(33)47/h6-7,10,15-18,20,22,33H,1,8-9,11-14,19,21,23-24H2,2-5H3,(H,40,46,47). The third kappa shape index (κ3) is 6.34. The van der Waals surface area contributed by atoms with Crippen LogP contribution in [0.2, 0.25) is 0 Å². The fourth-order valence-corrected chi connectivity index (χ4v) is 8.90. The molecular formula is C39H45N5O5S. The van der Waals surface area contributed by atoms with Crippen LogP contribution in [0.5, 0.6) is 11.5 Å². The van der Waals surface area contributed by atoms with Crippen molar-refractivity contribution in [1.82, 2.24) is 20.0 Å². The molecule has 1 aromatic heterocycles. The van der Waals surface area contributed by atoms with Crippen LogP contribution in [0.25, 0.3) is 11.3 Å². The average Bonchev–Trinajstić information content (AvgIpc) is 3.60. The number of anilines is 1. The van der Waals surface area contributed by atoms with Gasteiger partial charge in [0.25, 0.3) is 0 Å². The van der Waals surface area contributed by atoms with E-state index < -0.39 is 0 Å². The molecule has 0 saturated carbocycles. The number of carbonyl (C=O) groups excluding carboxylic acids is 3. The van der Waals surface area contributed by atoms with Crippen molar-refractivity contribution in [3.8, 4) is 11.5 Å². The molecule has 3 fully saturated rings. The molecule has 2 amide bonds. The van der Waals surface area contributed by atoms with E-state index in [1.807, 2.05) is 31.1 Å². The first-order chi connectivity index (χ1) is 24.1. The molecule has 4 aliphatic rings. The Morgan fingerprint density at radius 3 is 2.46 bits per heavy atom. The van der Waals surface area contributed by atoms with Gasteiger partial charge in [-0.1, -0.05) is 12.6 Å². The molecule has 1 N–H and O–H groups in total. The first-order valence-corrected chi connectivity index (χ1v) is 18.1. The van der Waals surface area contributed by atoms with Crippen LogP contribution in [0.4, 0.5) is 5.69 Å². The van der Waals surface area contributed by atoms with E-state index in [1.165, 1.54) is 4.88 Å². The van der Waals surface area contributed by atoms with Gasteiger partial charge in [-0.2, -0.15) is 0 Å². The van der Waals surface area contributed by atoms with Crippen LogP contribution in [0.15, 0.2) is 54.6 Å². The van der Waals surface area contributed by atoms with Crippen molar-refractivity contribution in [2.75, 3.05) is 59.4 Å². The van der Waals surface area contributed by atoms with Crippen molar-refractivity contribution in [3.05, 3.63) is 87.3 Å². The first kappa shape index (κ1) is 34.0. The predicted octanol–water partition coefficient (Wildman–Crippen LogP) is 5.22. The molecule has 2 aromatic carbocycles. The second-order valence-electron chi connectivity index (χ2n) is 14.1. The molecule has 1 unspecified atom stereocenters. The number of piperidine rings is 2. The van der Waals surface area contributed by atoms with Gasteiger partial charge < -0.3 is 19.3 Å². The van der Waals surface area contributed by atoms with Gasteiger partial charge in [-0.25, -0.2) is 0 Å². The lowest BCUT2D eigenvalue weighted by atomic mass is 9.71. The number of imide groups is 1. The number of nitrogens with zero attached hydrogens (tertiary/aromatic N) is 4. The third-order valence-electron chi connectivity index (χ3n) is 11.0. The van der Waals surface area contributed by atoms with Crippen LogP contribution in [-0.4, -0.2) is 93.3 Å². The lowest BCUT2D eigenvalue weighted by Crippen LogP contribution is -2.60. The molecule has 50 heavy (non-hydrogen) atoms. The van der Waals surface area contributed by atoms with Crippen LogP contribution < -0.4 is 19.7 Å². The molecule has 1 spiro atoms. The molecule has 1 atom stereocenters. The number of methoxy groups -OCH3 is 2. The lowest BCUT2D eigenvalue weighted by molar-refractivity contribution is -0.137. The van der Waals surface area contributed by atoms with Gasteiger partial charge in [-0.05, 0) is 86.2 Å². The van der Waals surface area contributed by atoms with Crippen LogP contribution in [0.1, 0.15) is 63.2 Å². The Hall–Kier alpha value is -4.45. The fourth-order valence-electron chi connectivity index (χ4n) is 7.95. The van der Waals surface area contributed by atoms with E-state index in [1.54, 1.807) is 25.6 Å². The zero-order valence-corrected chi connectivity index (χ0v) is 30.1. The van der Waals surface area contributed by atoms with Gasteiger partial charge in [0.05, 0.1) is 25.8 Å². The number of thiophene rings is 1. The number of aldehydes is 1. The van der Waals surface area contributed by atoms with Gasteiger partial charge in [0.15, 0.2) is 0 Å². The normalized spacial score (nSPS) is 20.4. The Labute approximate surface area is 297 Å². The van der Waals surface area contributed by atoms with E-state index in [0.717, 1.165) is 103 Å². The number of ether oxygens (including phenoxy) is 2. The number of rotatable bonds is 10. The van der Waals surface area contributed by atoms with Crippen LogP contribution >= 0.6 is 11.3 Å². The number of carbonyl (C=O) groups is 3. The highest BCUT2D eigenvalue weighted by atomic mass is 32.1.